The third-order valence-electron chi connectivity index (χ3n) is 3.05. The van der Waals surface area contributed by atoms with Gasteiger partial charge >= 0.3 is 0 Å². The largest absolute Gasteiger partial charge is 0.497 e. The van der Waals surface area contributed by atoms with Crippen molar-refractivity contribution in [2.24, 2.45) is 0 Å². The van der Waals surface area contributed by atoms with Gasteiger partial charge in [0.1, 0.15) is 5.75 Å². The van der Waals surface area contributed by atoms with Crippen molar-refractivity contribution in [3.63, 3.8) is 0 Å². The maximum absolute atomic E-state index is 6.12. The number of rotatable bonds is 4. The molecule has 2 rings (SSSR count). The summed E-state index contributed by atoms with van der Waals surface area (Å²) in [5.74, 6) is 1.58. The molecule has 108 valence electrons. The lowest BCUT2D eigenvalue weighted by Gasteiger charge is -2.15. The van der Waals surface area contributed by atoms with E-state index in [9.17, 15) is 0 Å². The van der Waals surface area contributed by atoms with Crippen LogP contribution in [0.15, 0.2) is 22.7 Å². The van der Waals surface area contributed by atoms with Gasteiger partial charge in [-0.15, -0.1) is 0 Å². The van der Waals surface area contributed by atoms with Crippen molar-refractivity contribution in [3.05, 3.63) is 28.4 Å². The summed E-state index contributed by atoms with van der Waals surface area (Å²) in [6.07, 6.45) is 0. The predicted molar refractivity (Wildman–Crippen MR) is 85.7 cm³/mol. The maximum Gasteiger partial charge on any atom is 0.152 e. The number of halogens is 1. The van der Waals surface area contributed by atoms with Crippen LogP contribution in [0, 0.1) is 6.92 Å². The molecule has 0 saturated heterocycles. The molecule has 3 N–H and O–H groups in total. The van der Waals surface area contributed by atoms with Gasteiger partial charge in [0, 0.05) is 16.6 Å². The van der Waals surface area contributed by atoms with Crippen molar-refractivity contribution >= 4 is 33.1 Å². The average Bonchev–Trinajstić information content (AvgIpc) is 2.69. The SMILES string of the molecule is COc1ccc(Br)c(Nc2c(N)c(C)nn2C(C)C)c1. The second kappa shape index (κ2) is 5.75. The summed E-state index contributed by atoms with van der Waals surface area (Å²) in [6, 6.07) is 5.96. The number of hydrogen-bond acceptors (Lipinski definition) is 4. The lowest BCUT2D eigenvalue weighted by atomic mass is 10.3. The number of nitrogens with zero attached hydrogens (tertiary/aromatic N) is 2. The number of benzene rings is 1. The number of nitrogens with two attached hydrogens (primary N) is 1. The van der Waals surface area contributed by atoms with Crippen LogP contribution in [0.2, 0.25) is 0 Å². The summed E-state index contributed by atoms with van der Waals surface area (Å²) in [4.78, 5) is 0. The lowest BCUT2D eigenvalue weighted by Crippen LogP contribution is -2.08. The minimum absolute atomic E-state index is 0.220. The Hall–Kier alpha value is -1.69. The van der Waals surface area contributed by atoms with Crippen molar-refractivity contribution in [2.75, 3.05) is 18.2 Å². The predicted octanol–water partition coefficient (Wildman–Crippen LogP) is 3.87. The zero-order chi connectivity index (χ0) is 14.9. The molecule has 0 fully saturated rings. The maximum atomic E-state index is 6.12. The number of anilines is 3. The standard InChI is InChI=1S/C14H19BrN4O/c1-8(2)19-14(13(16)9(3)18-19)17-12-7-10(20-4)5-6-11(12)15/h5-8,17H,16H2,1-4H3. The molecule has 1 aromatic carbocycles. The van der Waals surface area contributed by atoms with Gasteiger partial charge < -0.3 is 15.8 Å². The number of ether oxygens (including phenoxy) is 1. The smallest absolute Gasteiger partial charge is 0.152 e. The number of hydrogen-bond donors (Lipinski definition) is 2. The summed E-state index contributed by atoms with van der Waals surface area (Å²) in [6.45, 7) is 6.04. The fourth-order valence-corrected chi connectivity index (χ4v) is 2.26. The molecule has 1 heterocycles. The topological polar surface area (TPSA) is 65.1 Å². The first-order valence-electron chi connectivity index (χ1n) is 6.39. The van der Waals surface area contributed by atoms with Crippen molar-refractivity contribution in [1.29, 1.82) is 0 Å². The number of nitrogen functional groups attached to an aromatic ring is 1. The zero-order valence-electron chi connectivity index (χ0n) is 12.1. The minimum Gasteiger partial charge on any atom is -0.497 e. The molecule has 0 aliphatic heterocycles. The van der Waals surface area contributed by atoms with E-state index in [2.05, 4.69) is 40.2 Å². The zero-order valence-corrected chi connectivity index (χ0v) is 13.7. The summed E-state index contributed by atoms with van der Waals surface area (Å²) >= 11 is 3.52. The van der Waals surface area contributed by atoms with Crippen LogP contribution in [-0.2, 0) is 0 Å². The average molecular weight is 339 g/mol. The summed E-state index contributed by atoms with van der Waals surface area (Å²) in [5, 5.41) is 7.80. The molecule has 0 saturated carbocycles. The highest BCUT2D eigenvalue weighted by Gasteiger charge is 2.16. The number of nitrogens with one attached hydrogen (secondary N) is 1. The first-order chi connectivity index (χ1) is 9.43. The Morgan fingerprint density at radius 3 is 2.70 bits per heavy atom. The number of aromatic nitrogens is 2. The Balaban J connectivity index is 2.44. The van der Waals surface area contributed by atoms with Crippen molar-refractivity contribution in [1.82, 2.24) is 9.78 Å². The Labute approximate surface area is 127 Å². The van der Waals surface area contributed by atoms with Gasteiger partial charge in [-0.2, -0.15) is 5.10 Å². The Kier molecular flexibility index (Phi) is 4.23. The van der Waals surface area contributed by atoms with Gasteiger partial charge in [-0.25, -0.2) is 4.68 Å². The van der Waals surface area contributed by atoms with E-state index in [1.807, 2.05) is 29.8 Å². The van der Waals surface area contributed by atoms with Crippen LogP contribution in [0.1, 0.15) is 25.6 Å². The Morgan fingerprint density at radius 2 is 2.10 bits per heavy atom. The molecule has 0 aliphatic rings. The second-order valence-corrected chi connectivity index (χ2v) is 5.71. The number of aryl methyl sites for hydroxylation is 1. The highest BCUT2D eigenvalue weighted by atomic mass is 79.9. The van der Waals surface area contributed by atoms with Crippen LogP contribution in [0.4, 0.5) is 17.2 Å². The third-order valence-corrected chi connectivity index (χ3v) is 3.74. The quantitative estimate of drug-likeness (QED) is 0.888. The molecule has 5 nitrogen and oxygen atoms in total. The van der Waals surface area contributed by atoms with Crippen molar-refractivity contribution < 1.29 is 4.74 Å². The normalized spacial score (nSPS) is 10.9. The van der Waals surface area contributed by atoms with Crippen LogP contribution < -0.4 is 15.8 Å². The lowest BCUT2D eigenvalue weighted by molar-refractivity contribution is 0.415. The van der Waals surface area contributed by atoms with E-state index in [-0.39, 0.29) is 6.04 Å². The van der Waals surface area contributed by atoms with Crippen LogP contribution in [-0.4, -0.2) is 16.9 Å². The first kappa shape index (κ1) is 14.7. The van der Waals surface area contributed by atoms with E-state index < -0.39 is 0 Å². The van der Waals surface area contributed by atoms with Crippen molar-refractivity contribution in [3.8, 4) is 5.75 Å². The molecule has 2 aromatic rings. The van der Waals surface area contributed by atoms with Gasteiger partial charge in [-0.3, -0.25) is 0 Å². The van der Waals surface area contributed by atoms with Crippen molar-refractivity contribution in [2.45, 2.75) is 26.8 Å². The molecule has 1 aromatic heterocycles. The van der Waals surface area contributed by atoms with E-state index in [4.69, 9.17) is 10.5 Å². The highest BCUT2D eigenvalue weighted by Crippen LogP contribution is 2.33. The summed E-state index contributed by atoms with van der Waals surface area (Å²) in [5.41, 5.74) is 8.48. The van der Waals surface area contributed by atoms with Gasteiger partial charge in [0.2, 0.25) is 0 Å². The fraction of sp³-hybridized carbons (Fsp3) is 0.357. The van der Waals surface area contributed by atoms with Gasteiger partial charge in [0.25, 0.3) is 0 Å². The molecule has 0 radical (unpaired) electrons. The van der Waals surface area contributed by atoms with Crippen LogP contribution in [0.5, 0.6) is 5.75 Å². The Morgan fingerprint density at radius 1 is 1.40 bits per heavy atom. The molecule has 20 heavy (non-hydrogen) atoms. The molecular weight excluding hydrogens is 320 g/mol. The first-order valence-corrected chi connectivity index (χ1v) is 7.18. The monoisotopic (exact) mass is 338 g/mol. The fourth-order valence-electron chi connectivity index (χ4n) is 1.91. The molecule has 0 spiro atoms. The molecular formula is C14H19BrN4O. The molecule has 0 aliphatic carbocycles. The van der Waals surface area contributed by atoms with Crippen LogP contribution in [0.25, 0.3) is 0 Å². The number of methoxy groups -OCH3 is 1. The molecule has 0 bridgehead atoms. The Bertz CT molecular complexity index is 622. The van der Waals surface area contributed by atoms with E-state index in [1.165, 1.54) is 0 Å². The van der Waals surface area contributed by atoms with Gasteiger partial charge in [0.15, 0.2) is 5.82 Å². The van der Waals surface area contributed by atoms with E-state index in [1.54, 1.807) is 7.11 Å². The summed E-state index contributed by atoms with van der Waals surface area (Å²) in [7, 11) is 1.64. The molecule has 6 heteroatoms. The van der Waals surface area contributed by atoms with Crippen LogP contribution in [0.3, 0.4) is 0 Å². The third kappa shape index (κ3) is 2.75. The van der Waals surface area contributed by atoms with E-state index >= 15 is 0 Å². The van der Waals surface area contributed by atoms with Gasteiger partial charge in [0.05, 0.1) is 24.2 Å². The van der Waals surface area contributed by atoms with E-state index in [0.717, 1.165) is 27.4 Å². The molecule has 0 unspecified atom stereocenters. The van der Waals surface area contributed by atoms with E-state index in [0.29, 0.717) is 5.69 Å². The summed E-state index contributed by atoms with van der Waals surface area (Å²) < 4.78 is 8.07. The molecule has 0 amide bonds. The highest BCUT2D eigenvalue weighted by molar-refractivity contribution is 9.10. The van der Waals surface area contributed by atoms with Gasteiger partial charge in [-0.05, 0) is 48.8 Å². The van der Waals surface area contributed by atoms with Crippen LogP contribution >= 0.6 is 15.9 Å². The van der Waals surface area contributed by atoms with Gasteiger partial charge in [-0.1, -0.05) is 0 Å². The minimum atomic E-state index is 0.220. The second-order valence-electron chi connectivity index (χ2n) is 4.86. The molecule has 0 atom stereocenters.